The van der Waals surface area contributed by atoms with Crippen LogP contribution in [0.1, 0.15) is 38.8 Å². The van der Waals surface area contributed by atoms with Crippen LogP contribution in [0.25, 0.3) is 21.6 Å². The van der Waals surface area contributed by atoms with E-state index < -0.39 is 0 Å². The molecule has 26 heavy (non-hydrogen) atoms. The molecule has 0 bridgehead atoms. The molecule has 0 spiro atoms. The van der Waals surface area contributed by atoms with Crippen LogP contribution in [0.4, 0.5) is 5.13 Å². The number of nitrogens with one attached hydrogen (secondary N) is 1. The summed E-state index contributed by atoms with van der Waals surface area (Å²) >= 11 is 1.47. The van der Waals surface area contributed by atoms with Gasteiger partial charge in [0.05, 0.1) is 18.2 Å². The van der Waals surface area contributed by atoms with Crippen molar-refractivity contribution in [1.82, 2.24) is 15.2 Å². The van der Waals surface area contributed by atoms with Crippen LogP contribution in [0.2, 0.25) is 0 Å². The van der Waals surface area contributed by atoms with Gasteiger partial charge in [-0.3, -0.25) is 0 Å². The third-order valence-corrected chi connectivity index (χ3v) is 4.77. The summed E-state index contributed by atoms with van der Waals surface area (Å²) in [6.45, 7) is 10.1. The molecule has 0 saturated carbocycles. The minimum absolute atomic E-state index is 0.0185. The average Bonchev–Trinajstić information content (AvgIpc) is 3.02. The molecule has 0 aliphatic rings. The fraction of sp³-hybridized carbons (Fsp3) is 0.421. The van der Waals surface area contributed by atoms with Crippen molar-refractivity contribution in [1.29, 1.82) is 0 Å². The van der Waals surface area contributed by atoms with Crippen molar-refractivity contribution in [3.63, 3.8) is 0 Å². The second-order valence-corrected chi connectivity index (χ2v) is 7.77. The Morgan fingerprint density at radius 1 is 1.19 bits per heavy atom. The number of benzene rings is 1. The van der Waals surface area contributed by atoms with E-state index in [0.29, 0.717) is 0 Å². The Kier molecular flexibility index (Phi) is 5.38. The predicted octanol–water partition coefficient (Wildman–Crippen LogP) is 4.16. The third kappa shape index (κ3) is 3.78. The van der Waals surface area contributed by atoms with E-state index in [1.807, 2.05) is 39.0 Å². The Bertz CT molecular complexity index is 921. The third-order valence-electron chi connectivity index (χ3n) is 3.90. The molecule has 0 fully saturated rings. The molecule has 2 heterocycles. The predicted molar refractivity (Wildman–Crippen MR) is 106 cm³/mol. The first-order valence-corrected chi connectivity index (χ1v) is 9.51. The number of hydrogen-bond acceptors (Lipinski definition) is 7. The van der Waals surface area contributed by atoms with Crippen LogP contribution in [-0.2, 0) is 6.61 Å². The van der Waals surface area contributed by atoms with Crippen LogP contribution in [0, 0.1) is 6.92 Å². The summed E-state index contributed by atoms with van der Waals surface area (Å²) < 4.78 is 6.03. The maximum absolute atomic E-state index is 9.58. The van der Waals surface area contributed by atoms with E-state index in [2.05, 4.69) is 29.4 Å². The number of ether oxygens (including phenoxy) is 1. The van der Waals surface area contributed by atoms with Crippen molar-refractivity contribution < 1.29 is 9.84 Å². The zero-order valence-electron chi connectivity index (χ0n) is 15.7. The molecular weight excluding hydrogens is 348 g/mol. The number of anilines is 1. The van der Waals surface area contributed by atoms with Gasteiger partial charge in [0.1, 0.15) is 11.4 Å². The molecule has 0 aliphatic heterocycles. The Morgan fingerprint density at radius 2 is 1.96 bits per heavy atom. The zero-order valence-corrected chi connectivity index (χ0v) is 16.5. The lowest BCUT2D eigenvalue weighted by atomic mass is 10.0. The molecule has 0 unspecified atom stereocenters. The highest BCUT2D eigenvalue weighted by molar-refractivity contribution is 7.18. The largest absolute Gasteiger partial charge is 0.490 e. The summed E-state index contributed by atoms with van der Waals surface area (Å²) in [6, 6.07) is 6.07. The summed E-state index contributed by atoms with van der Waals surface area (Å²) in [5, 5.41) is 23.7. The van der Waals surface area contributed by atoms with Crippen LogP contribution in [-0.4, -0.2) is 32.4 Å². The van der Waals surface area contributed by atoms with Crippen LogP contribution < -0.4 is 10.1 Å². The summed E-state index contributed by atoms with van der Waals surface area (Å²) in [6.07, 6.45) is 0.0406. The molecule has 0 saturated heterocycles. The summed E-state index contributed by atoms with van der Waals surface area (Å²) in [7, 11) is 0. The molecule has 0 atom stereocenters. The van der Waals surface area contributed by atoms with Crippen molar-refractivity contribution in [3.05, 3.63) is 29.3 Å². The topological polar surface area (TPSA) is 80.2 Å². The molecule has 2 N–H and O–H groups in total. The van der Waals surface area contributed by atoms with E-state index in [9.17, 15) is 5.11 Å². The molecule has 0 aliphatic carbocycles. The lowest BCUT2D eigenvalue weighted by Gasteiger charge is -2.15. The highest BCUT2D eigenvalue weighted by Crippen LogP contribution is 2.35. The molecular formula is C19H24N4O2S. The van der Waals surface area contributed by atoms with Gasteiger partial charge in [0.2, 0.25) is 5.13 Å². The van der Waals surface area contributed by atoms with E-state index in [4.69, 9.17) is 9.72 Å². The number of fused-ring (bicyclic) bond motifs is 1. The Balaban J connectivity index is 2.15. The monoisotopic (exact) mass is 372 g/mol. The van der Waals surface area contributed by atoms with Gasteiger partial charge in [-0.1, -0.05) is 17.4 Å². The van der Waals surface area contributed by atoms with Gasteiger partial charge in [-0.2, -0.15) is 0 Å². The quantitative estimate of drug-likeness (QED) is 0.676. The fourth-order valence-corrected chi connectivity index (χ4v) is 3.55. The number of aromatic nitrogens is 3. The van der Waals surface area contributed by atoms with Crippen LogP contribution >= 0.6 is 11.3 Å². The van der Waals surface area contributed by atoms with Crippen molar-refractivity contribution in [2.45, 2.75) is 53.4 Å². The van der Waals surface area contributed by atoms with Gasteiger partial charge < -0.3 is 15.2 Å². The van der Waals surface area contributed by atoms with Crippen LogP contribution in [0.5, 0.6) is 5.75 Å². The minimum atomic E-state index is -0.0185. The molecule has 0 amide bonds. The summed E-state index contributed by atoms with van der Waals surface area (Å²) in [5.74, 6) is 0.765. The molecule has 1 aromatic carbocycles. The Morgan fingerprint density at radius 3 is 2.62 bits per heavy atom. The van der Waals surface area contributed by atoms with E-state index in [0.717, 1.165) is 43.6 Å². The number of pyridine rings is 1. The fourth-order valence-electron chi connectivity index (χ4n) is 2.70. The lowest BCUT2D eigenvalue weighted by Crippen LogP contribution is -2.08. The molecule has 3 rings (SSSR count). The molecule has 7 heteroatoms. The summed E-state index contributed by atoms with van der Waals surface area (Å²) in [4.78, 5) is 4.80. The molecule has 0 radical (unpaired) electrons. The SMILES string of the molecule is Cc1c(CO)ccc2c(OC(C)C)cc(-c3nnc(NC(C)C)s3)nc12. The number of rotatable bonds is 6. The number of aryl methyl sites for hydroxylation is 1. The Hall–Kier alpha value is -2.25. The second kappa shape index (κ2) is 7.55. The molecule has 6 nitrogen and oxygen atoms in total. The van der Waals surface area contributed by atoms with Crippen LogP contribution in [0.15, 0.2) is 18.2 Å². The summed E-state index contributed by atoms with van der Waals surface area (Å²) in [5.41, 5.74) is 3.35. The first kappa shape index (κ1) is 18.5. The number of nitrogens with zero attached hydrogens (tertiary/aromatic N) is 3. The smallest absolute Gasteiger partial charge is 0.206 e. The standard InChI is InChI=1S/C19H24N4O2S/c1-10(2)20-19-23-22-18(26-19)15-8-16(25-11(3)4)14-7-6-13(9-24)12(5)17(14)21-15/h6-8,10-11,24H,9H2,1-5H3,(H,20,23). The molecule has 138 valence electrons. The van der Waals surface area contributed by atoms with Crippen LogP contribution in [0.3, 0.4) is 0 Å². The van der Waals surface area contributed by atoms with Crippen molar-refractivity contribution in [3.8, 4) is 16.5 Å². The number of aliphatic hydroxyl groups is 1. The van der Waals surface area contributed by atoms with E-state index >= 15 is 0 Å². The van der Waals surface area contributed by atoms with E-state index in [-0.39, 0.29) is 18.8 Å². The lowest BCUT2D eigenvalue weighted by molar-refractivity contribution is 0.245. The first-order valence-electron chi connectivity index (χ1n) is 8.70. The van der Waals surface area contributed by atoms with Crippen molar-refractivity contribution >= 4 is 27.4 Å². The van der Waals surface area contributed by atoms with Gasteiger partial charge in [0.15, 0.2) is 5.01 Å². The van der Waals surface area contributed by atoms with Gasteiger partial charge in [-0.05, 0) is 51.8 Å². The Labute approximate surface area is 157 Å². The second-order valence-electron chi connectivity index (χ2n) is 6.79. The first-order chi connectivity index (χ1) is 12.4. The highest BCUT2D eigenvalue weighted by Gasteiger charge is 2.16. The average molecular weight is 372 g/mol. The van der Waals surface area contributed by atoms with Crippen molar-refractivity contribution in [2.75, 3.05) is 5.32 Å². The molecule has 3 aromatic rings. The normalized spacial score (nSPS) is 11.5. The van der Waals surface area contributed by atoms with Gasteiger partial charge in [0.25, 0.3) is 0 Å². The van der Waals surface area contributed by atoms with Gasteiger partial charge in [-0.25, -0.2) is 4.98 Å². The maximum atomic E-state index is 9.58. The number of aliphatic hydroxyl groups excluding tert-OH is 1. The zero-order chi connectivity index (χ0) is 18.8. The minimum Gasteiger partial charge on any atom is -0.490 e. The molecule has 2 aromatic heterocycles. The van der Waals surface area contributed by atoms with Gasteiger partial charge in [0, 0.05) is 17.5 Å². The number of hydrogen-bond donors (Lipinski definition) is 2. The van der Waals surface area contributed by atoms with Crippen molar-refractivity contribution in [2.24, 2.45) is 0 Å². The maximum Gasteiger partial charge on any atom is 0.206 e. The van der Waals surface area contributed by atoms with Gasteiger partial charge >= 0.3 is 0 Å². The highest BCUT2D eigenvalue weighted by atomic mass is 32.1. The van der Waals surface area contributed by atoms with E-state index in [1.54, 1.807) is 0 Å². The van der Waals surface area contributed by atoms with E-state index in [1.165, 1.54) is 11.3 Å². The van der Waals surface area contributed by atoms with Gasteiger partial charge in [-0.15, -0.1) is 10.2 Å².